The first-order chi connectivity index (χ1) is 10.2. The van der Waals surface area contributed by atoms with Gasteiger partial charge in [0.05, 0.1) is 6.61 Å². The van der Waals surface area contributed by atoms with E-state index in [9.17, 15) is 20.1 Å². The fourth-order valence-electron chi connectivity index (χ4n) is 3.06. The van der Waals surface area contributed by atoms with Gasteiger partial charge >= 0.3 is 5.69 Å². The Morgan fingerprint density at radius 3 is 2.64 bits per heavy atom. The van der Waals surface area contributed by atoms with Crippen LogP contribution in [-0.2, 0) is 15.2 Å². The number of rotatable bonds is 4. The largest absolute Gasteiger partial charge is 0.394 e. The van der Waals surface area contributed by atoms with E-state index in [0.717, 1.165) is 4.57 Å². The summed E-state index contributed by atoms with van der Waals surface area (Å²) in [5.41, 5.74) is 0.939. The molecule has 1 fully saturated rings. The summed E-state index contributed by atoms with van der Waals surface area (Å²) in [5, 5.41) is 31.2. The van der Waals surface area contributed by atoms with E-state index in [1.807, 2.05) is 0 Å². The van der Waals surface area contributed by atoms with Crippen molar-refractivity contribution in [3.63, 3.8) is 0 Å². The molecule has 1 aromatic heterocycles. The molecule has 1 aliphatic heterocycles. The van der Waals surface area contributed by atoms with Crippen molar-refractivity contribution >= 4 is 5.82 Å². The van der Waals surface area contributed by atoms with Gasteiger partial charge in [0.1, 0.15) is 11.9 Å². The van der Waals surface area contributed by atoms with Crippen LogP contribution in [0.25, 0.3) is 0 Å². The quantitative estimate of drug-likeness (QED) is 0.485. The van der Waals surface area contributed by atoms with E-state index in [-0.39, 0.29) is 12.2 Å². The number of nitrogen functional groups attached to an aromatic ring is 1. The van der Waals surface area contributed by atoms with Crippen LogP contribution in [0, 0.1) is 0 Å². The number of nitrogens with two attached hydrogens (primary N) is 1. The Labute approximate surface area is 126 Å². The smallest absolute Gasteiger partial charge is 0.352 e. The van der Waals surface area contributed by atoms with Crippen molar-refractivity contribution in [2.45, 2.75) is 43.5 Å². The summed E-state index contributed by atoms with van der Waals surface area (Å²) in [5.74, 6) is -2.28. The number of hydrogen-bond acceptors (Lipinski definition) is 8. The number of aliphatic hydroxyl groups is 3. The highest BCUT2D eigenvalue weighted by atomic mass is 16.7. The molecule has 1 saturated heterocycles. The normalized spacial score (nSPS) is 38.4. The lowest BCUT2D eigenvalue weighted by molar-refractivity contribution is -0.331. The lowest BCUT2D eigenvalue weighted by Gasteiger charge is -2.43. The van der Waals surface area contributed by atoms with E-state index in [0.29, 0.717) is 0 Å². The molecule has 0 unspecified atom stereocenters. The van der Waals surface area contributed by atoms with Crippen LogP contribution < -0.4 is 11.4 Å². The van der Waals surface area contributed by atoms with E-state index in [1.165, 1.54) is 26.3 Å². The van der Waals surface area contributed by atoms with E-state index in [1.54, 1.807) is 6.92 Å². The number of methoxy groups -OCH3 is 1. The maximum atomic E-state index is 12.1. The van der Waals surface area contributed by atoms with E-state index < -0.39 is 35.5 Å². The fourth-order valence-corrected chi connectivity index (χ4v) is 3.06. The van der Waals surface area contributed by atoms with Crippen LogP contribution in [0.2, 0.25) is 0 Å². The van der Waals surface area contributed by atoms with Crippen molar-refractivity contribution in [3.8, 4) is 0 Å². The second-order valence-corrected chi connectivity index (χ2v) is 5.40. The SMILES string of the molecule is CC[C@@]1(O)[C@@H](CO)O[C@@](C)(n2ccc(N)nc2=O)[C@@]1(O)OC. The van der Waals surface area contributed by atoms with Crippen LogP contribution in [-0.4, -0.2) is 56.1 Å². The van der Waals surface area contributed by atoms with Crippen LogP contribution in [0.5, 0.6) is 0 Å². The molecule has 0 spiro atoms. The number of anilines is 1. The van der Waals surface area contributed by atoms with Gasteiger partial charge in [0.15, 0.2) is 5.60 Å². The molecule has 5 N–H and O–H groups in total. The molecule has 0 aromatic carbocycles. The Kier molecular flexibility index (Phi) is 4.05. The highest BCUT2D eigenvalue weighted by Crippen LogP contribution is 2.50. The second-order valence-electron chi connectivity index (χ2n) is 5.40. The van der Waals surface area contributed by atoms with Gasteiger partial charge in [0.25, 0.3) is 0 Å². The number of nitrogens with zero attached hydrogens (tertiary/aromatic N) is 2. The van der Waals surface area contributed by atoms with Crippen molar-refractivity contribution in [3.05, 3.63) is 22.7 Å². The molecule has 1 aromatic rings. The Bertz CT molecular complexity index is 622. The van der Waals surface area contributed by atoms with Gasteiger partial charge < -0.3 is 30.5 Å². The molecule has 22 heavy (non-hydrogen) atoms. The van der Waals surface area contributed by atoms with Gasteiger partial charge in [0.2, 0.25) is 11.5 Å². The highest BCUT2D eigenvalue weighted by molar-refractivity contribution is 5.24. The predicted octanol–water partition coefficient (Wildman–Crippen LogP) is -1.63. The van der Waals surface area contributed by atoms with Gasteiger partial charge in [-0.05, 0) is 19.4 Å². The van der Waals surface area contributed by atoms with Gasteiger partial charge in [-0.1, -0.05) is 6.92 Å². The van der Waals surface area contributed by atoms with Gasteiger partial charge in [-0.25, -0.2) is 4.79 Å². The molecule has 0 radical (unpaired) electrons. The maximum absolute atomic E-state index is 12.1. The first-order valence-electron chi connectivity index (χ1n) is 6.84. The first kappa shape index (κ1) is 16.8. The summed E-state index contributed by atoms with van der Waals surface area (Å²) in [7, 11) is 1.18. The summed E-state index contributed by atoms with van der Waals surface area (Å²) in [4.78, 5) is 15.7. The molecule has 4 atom stereocenters. The maximum Gasteiger partial charge on any atom is 0.352 e. The second kappa shape index (κ2) is 5.28. The third-order valence-electron chi connectivity index (χ3n) is 4.41. The van der Waals surface area contributed by atoms with Gasteiger partial charge in [-0.3, -0.25) is 4.57 Å². The van der Waals surface area contributed by atoms with Gasteiger partial charge in [-0.15, -0.1) is 0 Å². The Balaban J connectivity index is 2.69. The molecular formula is C13H21N3O6. The van der Waals surface area contributed by atoms with Gasteiger partial charge in [0, 0.05) is 13.3 Å². The molecule has 0 saturated carbocycles. The highest BCUT2D eigenvalue weighted by Gasteiger charge is 2.72. The van der Waals surface area contributed by atoms with Crippen molar-refractivity contribution in [2.75, 3.05) is 19.5 Å². The number of ether oxygens (including phenoxy) is 2. The molecule has 1 aliphatic rings. The van der Waals surface area contributed by atoms with Crippen molar-refractivity contribution in [1.82, 2.24) is 9.55 Å². The predicted molar refractivity (Wildman–Crippen MR) is 75.7 cm³/mol. The van der Waals surface area contributed by atoms with Crippen LogP contribution in [0.15, 0.2) is 17.1 Å². The molecule has 2 heterocycles. The Morgan fingerprint density at radius 1 is 1.55 bits per heavy atom. The third-order valence-corrected chi connectivity index (χ3v) is 4.41. The molecular weight excluding hydrogens is 294 g/mol. The molecule has 9 nitrogen and oxygen atoms in total. The lowest BCUT2D eigenvalue weighted by Crippen LogP contribution is -2.65. The lowest BCUT2D eigenvalue weighted by atomic mass is 9.82. The first-order valence-corrected chi connectivity index (χ1v) is 6.84. The molecule has 9 heteroatoms. The van der Waals surface area contributed by atoms with E-state index in [2.05, 4.69) is 4.98 Å². The number of aromatic nitrogens is 2. The number of aliphatic hydroxyl groups excluding tert-OH is 1. The zero-order chi connectivity index (χ0) is 16.8. The molecule has 2 rings (SSSR count). The minimum Gasteiger partial charge on any atom is -0.394 e. The monoisotopic (exact) mass is 315 g/mol. The van der Waals surface area contributed by atoms with Crippen LogP contribution in [0.4, 0.5) is 5.82 Å². The van der Waals surface area contributed by atoms with Crippen LogP contribution in [0.3, 0.4) is 0 Å². The fraction of sp³-hybridized carbons (Fsp3) is 0.692. The van der Waals surface area contributed by atoms with Crippen molar-refractivity contribution < 1.29 is 24.8 Å². The van der Waals surface area contributed by atoms with Crippen LogP contribution in [0.1, 0.15) is 20.3 Å². The van der Waals surface area contributed by atoms with Gasteiger partial charge in [-0.2, -0.15) is 4.98 Å². The average molecular weight is 315 g/mol. The standard InChI is InChI=1S/C13H21N3O6/c1-4-12(19)8(7-17)22-11(2,13(12,20)21-3)16-6-5-9(14)15-10(16)18/h5-6,8,17,19-20H,4,7H2,1-3H3,(H2,14,15,18)/t8-,11-,12-,13-/m1/s1. The zero-order valence-corrected chi connectivity index (χ0v) is 12.7. The molecule has 0 amide bonds. The molecule has 0 aliphatic carbocycles. The summed E-state index contributed by atoms with van der Waals surface area (Å²) < 4.78 is 11.7. The molecule has 124 valence electrons. The average Bonchev–Trinajstić information content (AvgIpc) is 2.66. The summed E-state index contributed by atoms with van der Waals surface area (Å²) >= 11 is 0. The van der Waals surface area contributed by atoms with Crippen molar-refractivity contribution in [1.29, 1.82) is 0 Å². The van der Waals surface area contributed by atoms with E-state index in [4.69, 9.17) is 15.2 Å². The number of hydrogen-bond donors (Lipinski definition) is 4. The molecule has 0 bridgehead atoms. The Hall–Kier alpha value is -1.52. The van der Waals surface area contributed by atoms with E-state index >= 15 is 0 Å². The van der Waals surface area contributed by atoms with Crippen LogP contribution >= 0.6 is 0 Å². The third kappa shape index (κ3) is 1.90. The van der Waals surface area contributed by atoms with Crippen molar-refractivity contribution in [2.24, 2.45) is 0 Å². The topological polar surface area (TPSA) is 140 Å². The zero-order valence-electron chi connectivity index (χ0n) is 12.7. The Morgan fingerprint density at radius 2 is 2.18 bits per heavy atom. The minimum absolute atomic E-state index is 0.00765. The summed E-state index contributed by atoms with van der Waals surface area (Å²) in [6.45, 7) is 2.40. The summed E-state index contributed by atoms with van der Waals surface area (Å²) in [6, 6.07) is 1.35. The minimum atomic E-state index is -2.29. The summed E-state index contributed by atoms with van der Waals surface area (Å²) in [6.07, 6.45) is 0.150.